The Morgan fingerprint density at radius 3 is 2.80 bits per heavy atom. The van der Waals surface area contributed by atoms with E-state index in [0.29, 0.717) is 17.1 Å². The number of carboxylic acids is 1. The van der Waals surface area contributed by atoms with Crippen molar-refractivity contribution in [3.63, 3.8) is 0 Å². The monoisotopic (exact) mass is 205 g/mol. The molecule has 0 radical (unpaired) electrons. The smallest absolute Gasteiger partial charge is 0.335 e. The predicted octanol–water partition coefficient (Wildman–Crippen LogP) is 0.147. The minimum absolute atomic E-state index is 0.0924. The van der Waals surface area contributed by atoms with Crippen LogP contribution in [0.1, 0.15) is 10.4 Å². The van der Waals surface area contributed by atoms with Crippen LogP contribution in [0, 0.1) is 0 Å². The van der Waals surface area contributed by atoms with Crippen molar-refractivity contribution >= 4 is 11.7 Å². The molecule has 76 valence electrons. The first-order valence-electron chi connectivity index (χ1n) is 4.04. The van der Waals surface area contributed by atoms with E-state index in [1.807, 2.05) is 0 Å². The molecular formula is C8H7N5O2. The SMILES string of the molecule is Nc1cc(C(=O)O)cc(-c2nn[nH]n2)c1. The van der Waals surface area contributed by atoms with Crippen LogP contribution >= 0.6 is 0 Å². The van der Waals surface area contributed by atoms with E-state index in [4.69, 9.17) is 10.8 Å². The second kappa shape index (κ2) is 3.37. The molecule has 0 bridgehead atoms. The number of aromatic nitrogens is 4. The van der Waals surface area contributed by atoms with Crippen LogP contribution < -0.4 is 5.73 Å². The topological polar surface area (TPSA) is 118 Å². The highest BCUT2D eigenvalue weighted by Crippen LogP contribution is 2.19. The Labute approximate surface area is 83.9 Å². The van der Waals surface area contributed by atoms with Gasteiger partial charge in [-0.05, 0) is 23.4 Å². The number of anilines is 1. The predicted molar refractivity (Wildman–Crippen MR) is 51.0 cm³/mol. The zero-order chi connectivity index (χ0) is 10.8. The highest BCUT2D eigenvalue weighted by molar-refractivity contribution is 5.90. The van der Waals surface area contributed by atoms with Crippen molar-refractivity contribution in [1.82, 2.24) is 20.6 Å². The normalized spacial score (nSPS) is 10.1. The first kappa shape index (κ1) is 9.13. The number of nitrogen functional groups attached to an aromatic ring is 1. The van der Waals surface area contributed by atoms with Crippen molar-refractivity contribution in [2.24, 2.45) is 0 Å². The zero-order valence-electron chi connectivity index (χ0n) is 7.51. The fourth-order valence-corrected chi connectivity index (χ4v) is 1.19. The van der Waals surface area contributed by atoms with Crippen molar-refractivity contribution in [1.29, 1.82) is 0 Å². The summed E-state index contributed by atoms with van der Waals surface area (Å²) in [4.78, 5) is 10.8. The van der Waals surface area contributed by atoms with Crippen molar-refractivity contribution in [2.75, 3.05) is 5.73 Å². The lowest BCUT2D eigenvalue weighted by Gasteiger charge is -2.00. The molecule has 0 atom stereocenters. The summed E-state index contributed by atoms with van der Waals surface area (Å²) < 4.78 is 0. The van der Waals surface area contributed by atoms with Crippen LogP contribution in [0.25, 0.3) is 11.4 Å². The Morgan fingerprint density at radius 1 is 1.40 bits per heavy atom. The lowest BCUT2D eigenvalue weighted by atomic mass is 10.1. The number of aromatic carboxylic acids is 1. The molecule has 15 heavy (non-hydrogen) atoms. The molecule has 2 aromatic rings. The molecule has 7 nitrogen and oxygen atoms in total. The Balaban J connectivity index is 2.54. The molecule has 1 heterocycles. The number of nitrogens with zero attached hydrogens (tertiary/aromatic N) is 3. The van der Waals surface area contributed by atoms with Gasteiger partial charge in [0.25, 0.3) is 0 Å². The number of carboxylic acid groups (broad SMARTS) is 1. The molecule has 1 aromatic carbocycles. The molecule has 0 fully saturated rings. The van der Waals surface area contributed by atoms with Gasteiger partial charge in [-0.1, -0.05) is 0 Å². The molecule has 0 aliphatic heterocycles. The van der Waals surface area contributed by atoms with Crippen molar-refractivity contribution in [3.05, 3.63) is 23.8 Å². The average molecular weight is 205 g/mol. The largest absolute Gasteiger partial charge is 0.478 e. The molecule has 0 saturated heterocycles. The molecule has 2 rings (SSSR count). The number of H-pyrrole nitrogens is 1. The molecule has 0 aliphatic carbocycles. The van der Waals surface area contributed by atoms with Gasteiger partial charge < -0.3 is 10.8 Å². The minimum Gasteiger partial charge on any atom is -0.478 e. The fraction of sp³-hybridized carbons (Fsp3) is 0. The summed E-state index contributed by atoms with van der Waals surface area (Å²) in [7, 11) is 0. The van der Waals surface area contributed by atoms with Gasteiger partial charge in [0.1, 0.15) is 0 Å². The molecule has 0 unspecified atom stereocenters. The fourth-order valence-electron chi connectivity index (χ4n) is 1.19. The lowest BCUT2D eigenvalue weighted by molar-refractivity contribution is 0.0697. The van der Waals surface area contributed by atoms with E-state index in [-0.39, 0.29) is 5.56 Å². The first-order valence-corrected chi connectivity index (χ1v) is 4.04. The summed E-state index contributed by atoms with van der Waals surface area (Å²) in [5.74, 6) is -0.739. The van der Waals surface area contributed by atoms with Crippen molar-refractivity contribution in [2.45, 2.75) is 0 Å². The van der Waals surface area contributed by atoms with Gasteiger partial charge in [0.15, 0.2) is 0 Å². The summed E-state index contributed by atoms with van der Waals surface area (Å²) in [6.45, 7) is 0. The molecule has 7 heteroatoms. The van der Waals surface area contributed by atoms with E-state index < -0.39 is 5.97 Å². The number of nitrogens with two attached hydrogens (primary N) is 1. The van der Waals surface area contributed by atoms with E-state index in [9.17, 15) is 4.79 Å². The van der Waals surface area contributed by atoms with E-state index in [0.717, 1.165) is 0 Å². The standard InChI is InChI=1S/C8H7N5O2/c9-6-2-4(7-10-12-13-11-7)1-5(3-6)8(14)15/h1-3H,9H2,(H,14,15)(H,10,11,12,13). The Kier molecular flexibility index (Phi) is 2.05. The lowest BCUT2D eigenvalue weighted by Crippen LogP contribution is -1.99. The van der Waals surface area contributed by atoms with Gasteiger partial charge in [-0.25, -0.2) is 4.79 Å². The highest BCUT2D eigenvalue weighted by atomic mass is 16.4. The maximum Gasteiger partial charge on any atom is 0.335 e. The second-order valence-corrected chi connectivity index (χ2v) is 2.88. The summed E-state index contributed by atoms with van der Waals surface area (Å²) in [5.41, 5.74) is 6.50. The van der Waals surface area contributed by atoms with Crippen LogP contribution in [0.2, 0.25) is 0 Å². The second-order valence-electron chi connectivity index (χ2n) is 2.88. The Hall–Kier alpha value is -2.44. The number of carbonyl (C=O) groups is 1. The molecule has 4 N–H and O–H groups in total. The molecular weight excluding hydrogens is 198 g/mol. The van der Waals surface area contributed by atoms with E-state index in [1.54, 1.807) is 6.07 Å². The van der Waals surface area contributed by atoms with Crippen LogP contribution in [-0.2, 0) is 0 Å². The number of aromatic amines is 1. The van der Waals surface area contributed by atoms with E-state index >= 15 is 0 Å². The van der Waals surface area contributed by atoms with Gasteiger partial charge >= 0.3 is 5.97 Å². The van der Waals surface area contributed by atoms with Crippen LogP contribution in [0.15, 0.2) is 18.2 Å². The van der Waals surface area contributed by atoms with Gasteiger partial charge in [-0.3, -0.25) is 0 Å². The summed E-state index contributed by atoms with van der Waals surface area (Å²) >= 11 is 0. The van der Waals surface area contributed by atoms with Gasteiger partial charge in [-0.15, -0.1) is 10.2 Å². The van der Waals surface area contributed by atoms with Crippen LogP contribution in [0.3, 0.4) is 0 Å². The number of benzene rings is 1. The van der Waals surface area contributed by atoms with E-state index in [1.165, 1.54) is 12.1 Å². The summed E-state index contributed by atoms with van der Waals surface area (Å²) in [6.07, 6.45) is 0. The third-order valence-electron chi connectivity index (χ3n) is 1.81. The first-order chi connectivity index (χ1) is 7.16. The third kappa shape index (κ3) is 1.75. The molecule has 0 aliphatic rings. The summed E-state index contributed by atoms with van der Waals surface area (Å²) in [6, 6.07) is 4.38. The number of rotatable bonds is 2. The van der Waals surface area contributed by atoms with Crippen LogP contribution in [0.5, 0.6) is 0 Å². The molecule has 0 spiro atoms. The van der Waals surface area contributed by atoms with Crippen molar-refractivity contribution in [3.8, 4) is 11.4 Å². The molecule has 0 saturated carbocycles. The van der Waals surface area contributed by atoms with Gasteiger partial charge in [-0.2, -0.15) is 5.21 Å². The number of hydrogen-bond acceptors (Lipinski definition) is 5. The van der Waals surface area contributed by atoms with Crippen molar-refractivity contribution < 1.29 is 9.90 Å². The number of nitrogens with one attached hydrogen (secondary N) is 1. The zero-order valence-corrected chi connectivity index (χ0v) is 7.51. The Morgan fingerprint density at radius 2 is 2.20 bits per heavy atom. The maximum absolute atomic E-state index is 10.8. The average Bonchev–Trinajstić information content (AvgIpc) is 2.69. The van der Waals surface area contributed by atoms with Gasteiger partial charge in [0.2, 0.25) is 5.82 Å². The Bertz CT molecular complexity index is 494. The molecule has 1 aromatic heterocycles. The van der Waals surface area contributed by atoms with Gasteiger partial charge in [0, 0.05) is 11.3 Å². The number of tetrazole rings is 1. The third-order valence-corrected chi connectivity index (χ3v) is 1.81. The number of hydrogen-bond donors (Lipinski definition) is 3. The molecule has 0 amide bonds. The van der Waals surface area contributed by atoms with E-state index in [2.05, 4.69) is 20.6 Å². The van der Waals surface area contributed by atoms with Crippen LogP contribution in [-0.4, -0.2) is 31.7 Å². The highest BCUT2D eigenvalue weighted by Gasteiger charge is 2.09. The quantitative estimate of drug-likeness (QED) is 0.600. The maximum atomic E-state index is 10.8. The van der Waals surface area contributed by atoms with Crippen LogP contribution in [0.4, 0.5) is 5.69 Å². The summed E-state index contributed by atoms with van der Waals surface area (Å²) in [5, 5.41) is 21.9. The van der Waals surface area contributed by atoms with Gasteiger partial charge in [0.05, 0.1) is 5.56 Å². The minimum atomic E-state index is -1.05.